The fourth-order valence-electron chi connectivity index (χ4n) is 2.25. The Hall–Kier alpha value is -0.0900. The molecule has 0 aromatic carbocycles. The number of rotatable bonds is 14. The van der Waals surface area contributed by atoms with E-state index in [-0.39, 0.29) is 23.0 Å². The average Bonchev–Trinajstić information content (AvgIpc) is 2.45. The number of carbonyl (C=O) groups excluding carboxylic acids is 1. The number of nitrogens with one attached hydrogen (secondary N) is 1. The molecule has 0 aromatic rings. The lowest BCUT2D eigenvalue weighted by atomic mass is 10.1. The van der Waals surface area contributed by atoms with Crippen molar-refractivity contribution in [2.24, 2.45) is 0 Å². The van der Waals surface area contributed by atoms with Gasteiger partial charge in [0.2, 0.25) is 0 Å². The first-order chi connectivity index (χ1) is 10.0. The van der Waals surface area contributed by atoms with Crippen LogP contribution in [0, 0.1) is 0 Å². The van der Waals surface area contributed by atoms with Gasteiger partial charge in [-0.2, -0.15) is 0 Å². The summed E-state index contributed by atoms with van der Waals surface area (Å²) in [5.41, 5.74) is -0.561. The van der Waals surface area contributed by atoms with Crippen LogP contribution in [-0.2, 0) is 9.53 Å². The molecule has 0 spiro atoms. The quantitative estimate of drug-likeness (QED) is 0.323. The Morgan fingerprint density at radius 1 is 0.864 bits per heavy atom. The van der Waals surface area contributed by atoms with Gasteiger partial charge in [-0.05, 0) is 33.2 Å². The largest absolute Gasteiger partial charge is 0.464 e. The normalized spacial score (nSPS) is 11.1. The molecule has 0 radical (unpaired) electrons. The Bertz CT molecular complexity index is 257. The topological polar surface area (TPSA) is 38.3 Å². The molecule has 0 unspecified atom stereocenters. The van der Waals surface area contributed by atoms with Crippen LogP contribution in [0.5, 0.6) is 0 Å². The predicted octanol–water partition coefficient (Wildman–Crippen LogP) is 5.42. The standard InChI is InChI=1S/C18H37NO2.BrH/c1-5-7-9-11-12-13-15-19-18(3,4)17(20)21-16-14-10-8-6-2;/h19H,5-16H2,1-4H3;1H. The van der Waals surface area contributed by atoms with E-state index in [1.165, 1.54) is 44.9 Å². The second-order valence-corrected chi connectivity index (χ2v) is 6.52. The summed E-state index contributed by atoms with van der Waals surface area (Å²) in [7, 11) is 0. The second-order valence-electron chi connectivity index (χ2n) is 6.52. The summed E-state index contributed by atoms with van der Waals surface area (Å²) >= 11 is 0. The minimum atomic E-state index is -0.561. The van der Waals surface area contributed by atoms with Crippen LogP contribution in [0.15, 0.2) is 0 Å². The number of carbonyl (C=O) groups is 1. The van der Waals surface area contributed by atoms with Crippen molar-refractivity contribution in [1.82, 2.24) is 5.32 Å². The van der Waals surface area contributed by atoms with Gasteiger partial charge in [-0.1, -0.05) is 65.2 Å². The van der Waals surface area contributed by atoms with E-state index in [0.29, 0.717) is 6.61 Å². The molecule has 4 heteroatoms. The molecule has 0 heterocycles. The summed E-state index contributed by atoms with van der Waals surface area (Å²) in [6, 6.07) is 0. The lowest BCUT2D eigenvalue weighted by Crippen LogP contribution is -2.48. The van der Waals surface area contributed by atoms with Crippen LogP contribution < -0.4 is 5.32 Å². The maximum absolute atomic E-state index is 12.0. The number of halogens is 1. The van der Waals surface area contributed by atoms with Gasteiger partial charge >= 0.3 is 5.97 Å². The molecule has 0 saturated carbocycles. The van der Waals surface area contributed by atoms with Crippen LogP contribution >= 0.6 is 17.0 Å². The summed E-state index contributed by atoms with van der Waals surface area (Å²) in [5.74, 6) is -0.120. The van der Waals surface area contributed by atoms with Crippen LogP contribution in [0.25, 0.3) is 0 Å². The van der Waals surface area contributed by atoms with Crippen molar-refractivity contribution in [3.63, 3.8) is 0 Å². The van der Waals surface area contributed by atoms with E-state index in [0.717, 1.165) is 25.8 Å². The molecule has 0 fully saturated rings. The number of unbranched alkanes of at least 4 members (excludes halogenated alkanes) is 8. The van der Waals surface area contributed by atoms with Gasteiger partial charge in [0.15, 0.2) is 0 Å². The minimum absolute atomic E-state index is 0. The molecule has 22 heavy (non-hydrogen) atoms. The average molecular weight is 380 g/mol. The zero-order valence-corrected chi connectivity index (χ0v) is 16.9. The first-order valence-electron chi connectivity index (χ1n) is 8.96. The number of ether oxygens (including phenoxy) is 1. The Labute approximate surface area is 148 Å². The number of hydrogen-bond donors (Lipinski definition) is 1. The van der Waals surface area contributed by atoms with Crippen LogP contribution in [0.2, 0.25) is 0 Å². The molecular formula is C18H38BrNO2. The highest BCUT2D eigenvalue weighted by Crippen LogP contribution is 2.09. The van der Waals surface area contributed by atoms with Crippen LogP contribution in [0.1, 0.15) is 91.9 Å². The van der Waals surface area contributed by atoms with Gasteiger partial charge in [0.05, 0.1) is 6.61 Å². The highest BCUT2D eigenvalue weighted by molar-refractivity contribution is 8.93. The molecule has 0 atom stereocenters. The molecule has 0 amide bonds. The summed E-state index contributed by atoms with van der Waals surface area (Å²) in [4.78, 5) is 12.0. The third-order valence-corrected chi connectivity index (χ3v) is 3.84. The first-order valence-corrected chi connectivity index (χ1v) is 8.96. The van der Waals surface area contributed by atoms with Gasteiger partial charge in [0, 0.05) is 0 Å². The highest BCUT2D eigenvalue weighted by atomic mass is 79.9. The highest BCUT2D eigenvalue weighted by Gasteiger charge is 2.28. The number of hydrogen-bond acceptors (Lipinski definition) is 3. The van der Waals surface area contributed by atoms with E-state index < -0.39 is 5.54 Å². The maximum atomic E-state index is 12.0. The van der Waals surface area contributed by atoms with Crippen molar-refractivity contribution in [2.75, 3.05) is 13.2 Å². The molecule has 0 aliphatic carbocycles. The Kier molecular flexibility index (Phi) is 17.3. The van der Waals surface area contributed by atoms with Crippen molar-refractivity contribution >= 4 is 23.0 Å². The van der Waals surface area contributed by atoms with Gasteiger partial charge in [0.1, 0.15) is 5.54 Å². The molecule has 0 bridgehead atoms. The van der Waals surface area contributed by atoms with Crippen molar-refractivity contribution in [2.45, 2.75) is 97.4 Å². The van der Waals surface area contributed by atoms with Crippen molar-refractivity contribution < 1.29 is 9.53 Å². The van der Waals surface area contributed by atoms with Crippen LogP contribution in [-0.4, -0.2) is 24.7 Å². The van der Waals surface area contributed by atoms with E-state index in [1.54, 1.807) is 0 Å². The van der Waals surface area contributed by atoms with Gasteiger partial charge in [-0.25, -0.2) is 0 Å². The zero-order chi connectivity index (χ0) is 16.0. The Morgan fingerprint density at radius 2 is 1.36 bits per heavy atom. The molecule has 0 saturated heterocycles. The molecule has 0 aliphatic heterocycles. The number of esters is 1. The van der Waals surface area contributed by atoms with Gasteiger partial charge in [0.25, 0.3) is 0 Å². The third kappa shape index (κ3) is 13.6. The van der Waals surface area contributed by atoms with E-state index in [2.05, 4.69) is 19.2 Å². The molecule has 0 aromatic heterocycles. The molecule has 3 nitrogen and oxygen atoms in total. The van der Waals surface area contributed by atoms with E-state index >= 15 is 0 Å². The smallest absolute Gasteiger partial charge is 0.325 e. The van der Waals surface area contributed by atoms with Crippen molar-refractivity contribution in [3.05, 3.63) is 0 Å². The van der Waals surface area contributed by atoms with Crippen molar-refractivity contribution in [1.29, 1.82) is 0 Å². The van der Waals surface area contributed by atoms with E-state index in [1.807, 2.05) is 13.8 Å². The molecule has 134 valence electrons. The monoisotopic (exact) mass is 379 g/mol. The molecular weight excluding hydrogens is 342 g/mol. The Balaban J connectivity index is 0. The fourth-order valence-corrected chi connectivity index (χ4v) is 2.25. The third-order valence-electron chi connectivity index (χ3n) is 3.84. The van der Waals surface area contributed by atoms with Crippen LogP contribution in [0.3, 0.4) is 0 Å². The lowest BCUT2D eigenvalue weighted by molar-refractivity contribution is -0.150. The van der Waals surface area contributed by atoms with Crippen LogP contribution in [0.4, 0.5) is 0 Å². The van der Waals surface area contributed by atoms with Gasteiger partial charge in [-0.15, -0.1) is 17.0 Å². The summed E-state index contributed by atoms with van der Waals surface area (Å²) in [6.07, 6.45) is 12.2. The predicted molar refractivity (Wildman–Crippen MR) is 101 cm³/mol. The SMILES string of the molecule is Br.CCCCCCCCNC(C)(C)C(=O)OCCCCCC. The van der Waals surface area contributed by atoms with E-state index in [9.17, 15) is 4.79 Å². The molecule has 0 rings (SSSR count). The zero-order valence-electron chi connectivity index (χ0n) is 15.2. The van der Waals surface area contributed by atoms with Gasteiger partial charge in [-0.3, -0.25) is 4.79 Å². The van der Waals surface area contributed by atoms with E-state index in [4.69, 9.17) is 4.74 Å². The summed E-state index contributed by atoms with van der Waals surface area (Å²) < 4.78 is 5.36. The lowest BCUT2D eigenvalue weighted by Gasteiger charge is -2.24. The van der Waals surface area contributed by atoms with Crippen molar-refractivity contribution in [3.8, 4) is 0 Å². The molecule has 0 aliphatic rings. The van der Waals surface area contributed by atoms with Gasteiger partial charge < -0.3 is 10.1 Å². The maximum Gasteiger partial charge on any atom is 0.325 e. The second kappa shape index (κ2) is 15.8. The summed E-state index contributed by atoms with van der Waals surface area (Å²) in [6.45, 7) is 9.70. The Morgan fingerprint density at radius 3 is 1.95 bits per heavy atom. The minimum Gasteiger partial charge on any atom is -0.464 e. The fraction of sp³-hybridized carbons (Fsp3) is 0.944. The first kappa shape index (κ1) is 24.2. The molecule has 1 N–H and O–H groups in total. The summed E-state index contributed by atoms with van der Waals surface area (Å²) in [5, 5.41) is 3.33.